The van der Waals surface area contributed by atoms with E-state index in [2.05, 4.69) is 4.98 Å². The van der Waals surface area contributed by atoms with Gasteiger partial charge in [-0.2, -0.15) is 0 Å². The maximum absolute atomic E-state index is 11.3. The summed E-state index contributed by atoms with van der Waals surface area (Å²) < 4.78 is 1.40. The number of hydrogen-bond donors (Lipinski definition) is 1. The molecule has 1 N–H and O–H groups in total. The van der Waals surface area contributed by atoms with Crippen molar-refractivity contribution in [1.29, 1.82) is 0 Å². The molecule has 1 aromatic heterocycles. The zero-order valence-corrected chi connectivity index (χ0v) is 9.64. The molecule has 84 valence electrons. The zero-order chi connectivity index (χ0) is 11.3. The lowest BCUT2D eigenvalue weighted by atomic mass is 10.2. The molecule has 15 heavy (non-hydrogen) atoms. The van der Waals surface area contributed by atoms with E-state index in [1.807, 2.05) is 0 Å². The van der Waals surface area contributed by atoms with Gasteiger partial charge in [-0.15, -0.1) is 11.6 Å². The van der Waals surface area contributed by atoms with Crippen molar-refractivity contribution in [2.75, 3.05) is 5.88 Å². The summed E-state index contributed by atoms with van der Waals surface area (Å²) >= 11 is 11.1. The molecule has 0 aliphatic heterocycles. The summed E-state index contributed by atoms with van der Waals surface area (Å²) in [6.45, 7) is 0.548. The Morgan fingerprint density at radius 2 is 2.00 bits per heavy atom. The predicted octanol–water partition coefficient (Wildman–Crippen LogP) is 1.60. The second kappa shape index (κ2) is 5.98. The van der Waals surface area contributed by atoms with E-state index in [1.54, 1.807) is 0 Å². The minimum Gasteiger partial charge on any atom is -0.299 e. The highest BCUT2D eigenvalue weighted by atomic mass is 35.5. The van der Waals surface area contributed by atoms with E-state index in [0.29, 0.717) is 12.4 Å². The van der Waals surface area contributed by atoms with Gasteiger partial charge < -0.3 is 0 Å². The highest BCUT2D eigenvalue weighted by Gasteiger charge is 2.01. The molecule has 1 aromatic rings. The third kappa shape index (κ3) is 3.72. The number of alkyl halides is 1. The Balaban J connectivity index is 2.66. The third-order valence-electron chi connectivity index (χ3n) is 2.00. The highest BCUT2D eigenvalue weighted by molar-refractivity contribution is 6.30. The predicted molar refractivity (Wildman–Crippen MR) is 60.9 cm³/mol. The molecule has 0 atom stereocenters. The molecule has 0 spiro atoms. The van der Waals surface area contributed by atoms with Crippen LogP contribution in [0.25, 0.3) is 0 Å². The lowest BCUT2D eigenvalue weighted by Gasteiger charge is -2.04. The maximum Gasteiger partial charge on any atom is 0.328 e. The number of aryl methyl sites for hydroxylation is 1. The Morgan fingerprint density at radius 3 is 2.67 bits per heavy atom. The van der Waals surface area contributed by atoms with Crippen molar-refractivity contribution >= 4 is 23.2 Å². The van der Waals surface area contributed by atoms with E-state index >= 15 is 0 Å². The van der Waals surface area contributed by atoms with Gasteiger partial charge in [0.05, 0.1) is 0 Å². The molecule has 0 saturated carbocycles. The first kappa shape index (κ1) is 12.3. The van der Waals surface area contributed by atoms with Crippen molar-refractivity contribution in [3.63, 3.8) is 0 Å². The fourth-order valence-electron chi connectivity index (χ4n) is 1.20. The topological polar surface area (TPSA) is 54.9 Å². The average Bonchev–Trinajstić information content (AvgIpc) is 2.20. The fraction of sp³-hybridized carbons (Fsp3) is 0.556. The monoisotopic (exact) mass is 250 g/mol. The molecule has 0 unspecified atom stereocenters. The van der Waals surface area contributed by atoms with Gasteiger partial charge in [-0.25, -0.2) is 4.79 Å². The molecule has 0 bridgehead atoms. The van der Waals surface area contributed by atoms with Crippen molar-refractivity contribution in [1.82, 2.24) is 9.55 Å². The van der Waals surface area contributed by atoms with Crippen LogP contribution in [0.1, 0.15) is 19.3 Å². The van der Waals surface area contributed by atoms with Gasteiger partial charge in [0.15, 0.2) is 0 Å². The van der Waals surface area contributed by atoms with E-state index in [0.717, 1.165) is 19.3 Å². The van der Waals surface area contributed by atoms with E-state index in [-0.39, 0.29) is 5.02 Å². The number of nitrogens with zero attached hydrogens (tertiary/aromatic N) is 1. The molecule has 4 nitrogen and oxygen atoms in total. The van der Waals surface area contributed by atoms with Crippen LogP contribution < -0.4 is 11.2 Å². The Kier molecular flexibility index (Phi) is 4.91. The van der Waals surface area contributed by atoms with Crippen molar-refractivity contribution in [3.8, 4) is 0 Å². The van der Waals surface area contributed by atoms with Crippen LogP contribution in [0.3, 0.4) is 0 Å². The third-order valence-corrected chi connectivity index (χ3v) is 2.54. The molecule has 0 aliphatic rings. The molecular weight excluding hydrogens is 239 g/mol. The van der Waals surface area contributed by atoms with Crippen LogP contribution in [0.2, 0.25) is 5.02 Å². The highest BCUT2D eigenvalue weighted by Crippen LogP contribution is 2.01. The summed E-state index contributed by atoms with van der Waals surface area (Å²) in [6, 6.07) is 0. The van der Waals surface area contributed by atoms with E-state index in [9.17, 15) is 9.59 Å². The number of halogens is 2. The summed E-state index contributed by atoms with van der Waals surface area (Å²) in [4.78, 5) is 24.4. The summed E-state index contributed by atoms with van der Waals surface area (Å²) in [5.41, 5.74) is -0.964. The van der Waals surface area contributed by atoms with Crippen LogP contribution in [-0.2, 0) is 6.54 Å². The van der Waals surface area contributed by atoms with Crippen LogP contribution in [0, 0.1) is 0 Å². The van der Waals surface area contributed by atoms with E-state index in [4.69, 9.17) is 23.2 Å². The van der Waals surface area contributed by atoms with Crippen LogP contribution in [-0.4, -0.2) is 15.4 Å². The molecule has 0 aliphatic carbocycles. The van der Waals surface area contributed by atoms with Gasteiger partial charge in [0, 0.05) is 18.6 Å². The Morgan fingerprint density at radius 1 is 1.27 bits per heavy atom. The standard InChI is InChI=1S/C9H12Cl2N2O2/c10-4-2-1-3-5-13-6-7(11)8(14)12-9(13)15/h6H,1-5H2,(H,12,14,15). The number of nitrogens with one attached hydrogen (secondary N) is 1. The largest absolute Gasteiger partial charge is 0.328 e. The summed E-state index contributed by atoms with van der Waals surface area (Å²) in [7, 11) is 0. The number of aromatic amines is 1. The van der Waals surface area contributed by atoms with Crippen LogP contribution in [0.5, 0.6) is 0 Å². The second-order valence-electron chi connectivity index (χ2n) is 3.18. The summed E-state index contributed by atoms with van der Waals surface area (Å²) in [5, 5.41) is 0.0342. The number of aromatic nitrogens is 2. The molecular formula is C9H12Cl2N2O2. The van der Waals surface area contributed by atoms with Gasteiger partial charge in [0.2, 0.25) is 0 Å². The number of hydrogen-bond acceptors (Lipinski definition) is 2. The molecule has 0 saturated heterocycles. The second-order valence-corrected chi connectivity index (χ2v) is 3.96. The van der Waals surface area contributed by atoms with Gasteiger partial charge in [0.1, 0.15) is 5.02 Å². The smallest absolute Gasteiger partial charge is 0.299 e. The van der Waals surface area contributed by atoms with E-state index in [1.165, 1.54) is 10.8 Å². The van der Waals surface area contributed by atoms with Crippen molar-refractivity contribution < 1.29 is 0 Å². The SMILES string of the molecule is O=c1[nH]c(=O)n(CCCCCCl)cc1Cl. The van der Waals surface area contributed by atoms with Gasteiger partial charge in [0.25, 0.3) is 5.56 Å². The summed E-state index contributed by atoms with van der Waals surface area (Å²) in [6.07, 6.45) is 4.08. The lowest BCUT2D eigenvalue weighted by molar-refractivity contribution is 0.576. The summed E-state index contributed by atoms with van der Waals surface area (Å²) in [5.74, 6) is 0.626. The van der Waals surface area contributed by atoms with Gasteiger partial charge in [-0.1, -0.05) is 18.0 Å². The normalized spacial score (nSPS) is 10.5. The zero-order valence-electron chi connectivity index (χ0n) is 8.13. The Bertz CT molecular complexity index is 425. The van der Waals surface area contributed by atoms with Crippen LogP contribution in [0.15, 0.2) is 15.8 Å². The quantitative estimate of drug-likeness (QED) is 0.638. The van der Waals surface area contributed by atoms with Gasteiger partial charge in [-0.05, 0) is 12.8 Å². The molecule has 0 fully saturated rings. The van der Waals surface area contributed by atoms with Crippen molar-refractivity contribution in [2.45, 2.75) is 25.8 Å². The molecule has 0 aromatic carbocycles. The molecule has 6 heteroatoms. The van der Waals surface area contributed by atoms with Crippen molar-refractivity contribution in [2.24, 2.45) is 0 Å². The minimum atomic E-state index is -0.543. The van der Waals surface area contributed by atoms with Gasteiger partial charge in [-0.3, -0.25) is 14.3 Å². The maximum atomic E-state index is 11.3. The molecule has 0 radical (unpaired) electrons. The molecule has 1 rings (SSSR count). The molecule has 1 heterocycles. The number of rotatable bonds is 5. The minimum absolute atomic E-state index is 0.0342. The lowest BCUT2D eigenvalue weighted by Crippen LogP contribution is -2.29. The van der Waals surface area contributed by atoms with Gasteiger partial charge >= 0.3 is 5.69 Å². The first-order chi connectivity index (χ1) is 7.15. The first-order valence-electron chi connectivity index (χ1n) is 4.70. The first-order valence-corrected chi connectivity index (χ1v) is 5.61. The molecule has 0 amide bonds. The Hall–Kier alpha value is -0.740. The average molecular weight is 251 g/mol. The van der Waals surface area contributed by atoms with Crippen molar-refractivity contribution in [3.05, 3.63) is 32.1 Å². The Labute approximate surface area is 96.8 Å². The van der Waals surface area contributed by atoms with Crippen LogP contribution in [0.4, 0.5) is 0 Å². The number of H-pyrrole nitrogens is 1. The van der Waals surface area contributed by atoms with Crippen LogP contribution >= 0.6 is 23.2 Å². The fourth-order valence-corrected chi connectivity index (χ4v) is 1.56. The van der Waals surface area contributed by atoms with E-state index < -0.39 is 11.2 Å². The number of unbranched alkanes of at least 4 members (excludes halogenated alkanes) is 2.